The predicted octanol–water partition coefficient (Wildman–Crippen LogP) is 5.06. The van der Waals surface area contributed by atoms with Crippen LogP contribution in [0.25, 0.3) is 0 Å². The number of allylic oxidation sites excluding steroid dienone is 1. The van der Waals surface area contributed by atoms with E-state index >= 15 is 0 Å². The van der Waals surface area contributed by atoms with Gasteiger partial charge in [-0.15, -0.1) is 5.92 Å². The molecule has 1 atom stereocenters. The summed E-state index contributed by atoms with van der Waals surface area (Å²) >= 11 is 0. The van der Waals surface area contributed by atoms with Gasteiger partial charge in [-0.2, -0.15) is 0 Å². The van der Waals surface area contributed by atoms with E-state index < -0.39 is 5.97 Å². The van der Waals surface area contributed by atoms with Gasteiger partial charge in [0.1, 0.15) is 12.4 Å². The SMILES string of the molecule is CC#CC(CC(=O)O)c1ccc(OCC2=CCCC3(CCCCC3)C2)cc1.[NaH]. The monoisotopic (exact) mass is 390 g/mol. The summed E-state index contributed by atoms with van der Waals surface area (Å²) in [6.07, 6.45) is 13.0. The molecule has 0 saturated heterocycles. The molecule has 0 heterocycles. The van der Waals surface area contributed by atoms with Gasteiger partial charge >= 0.3 is 35.5 Å². The molecule has 0 aromatic heterocycles. The molecular weight excluding hydrogens is 359 g/mol. The van der Waals surface area contributed by atoms with Gasteiger partial charge < -0.3 is 9.84 Å². The van der Waals surface area contributed by atoms with Gasteiger partial charge in [-0.1, -0.05) is 43.4 Å². The molecule has 0 radical (unpaired) electrons. The average molecular weight is 390 g/mol. The summed E-state index contributed by atoms with van der Waals surface area (Å²) in [5.74, 6) is 5.55. The van der Waals surface area contributed by atoms with Crippen LogP contribution >= 0.6 is 0 Å². The zero-order chi connectivity index (χ0) is 19.1. The summed E-state index contributed by atoms with van der Waals surface area (Å²) in [6.45, 7) is 2.40. The second-order valence-corrected chi connectivity index (χ2v) is 8.04. The zero-order valence-electron chi connectivity index (χ0n) is 16.3. The third-order valence-corrected chi connectivity index (χ3v) is 6.03. The van der Waals surface area contributed by atoms with Gasteiger partial charge in [0.2, 0.25) is 0 Å². The Morgan fingerprint density at radius 3 is 2.54 bits per heavy atom. The quantitative estimate of drug-likeness (QED) is 0.420. The number of benzene rings is 1. The van der Waals surface area contributed by atoms with Crippen molar-refractivity contribution < 1.29 is 14.6 Å². The van der Waals surface area contributed by atoms with Crippen molar-refractivity contribution in [3.05, 3.63) is 41.5 Å². The summed E-state index contributed by atoms with van der Waals surface area (Å²) in [4.78, 5) is 11.0. The van der Waals surface area contributed by atoms with Crippen LogP contribution in [0, 0.1) is 17.3 Å². The van der Waals surface area contributed by atoms with Crippen LogP contribution in [0.4, 0.5) is 0 Å². The molecule has 146 valence electrons. The molecule has 0 aliphatic heterocycles. The number of hydrogen-bond acceptors (Lipinski definition) is 2. The van der Waals surface area contributed by atoms with Crippen molar-refractivity contribution in [2.24, 2.45) is 5.41 Å². The third-order valence-electron chi connectivity index (χ3n) is 6.03. The van der Waals surface area contributed by atoms with Crippen molar-refractivity contribution in [3.63, 3.8) is 0 Å². The Kier molecular flexibility index (Phi) is 9.15. The number of ether oxygens (including phenoxy) is 1. The second kappa shape index (κ2) is 11.1. The van der Waals surface area contributed by atoms with Gasteiger partial charge in [-0.25, -0.2) is 0 Å². The Balaban J connectivity index is 0.00000280. The fraction of sp³-hybridized carbons (Fsp3) is 0.542. The van der Waals surface area contributed by atoms with E-state index in [9.17, 15) is 4.79 Å². The van der Waals surface area contributed by atoms with Gasteiger partial charge in [-0.05, 0) is 67.7 Å². The van der Waals surface area contributed by atoms with E-state index in [2.05, 4.69) is 17.9 Å². The summed E-state index contributed by atoms with van der Waals surface area (Å²) in [6, 6.07) is 7.74. The van der Waals surface area contributed by atoms with Crippen LogP contribution in [-0.4, -0.2) is 47.2 Å². The molecule has 1 aromatic rings. The van der Waals surface area contributed by atoms with E-state index in [0.717, 1.165) is 11.3 Å². The van der Waals surface area contributed by atoms with Crippen molar-refractivity contribution in [1.29, 1.82) is 0 Å². The van der Waals surface area contributed by atoms with Crippen molar-refractivity contribution in [1.82, 2.24) is 0 Å². The van der Waals surface area contributed by atoms with Crippen LogP contribution in [-0.2, 0) is 4.79 Å². The molecule has 0 bridgehead atoms. The maximum atomic E-state index is 11.0. The van der Waals surface area contributed by atoms with E-state index in [1.54, 1.807) is 6.92 Å². The Morgan fingerprint density at radius 1 is 1.18 bits per heavy atom. The molecule has 1 N–H and O–H groups in total. The van der Waals surface area contributed by atoms with E-state index in [1.807, 2.05) is 24.3 Å². The molecular formula is C24H31NaO3. The first kappa shape index (κ1) is 23.1. The predicted molar refractivity (Wildman–Crippen MR) is 115 cm³/mol. The number of aliphatic carboxylic acids is 1. The van der Waals surface area contributed by atoms with Crippen LogP contribution in [0.3, 0.4) is 0 Å². The van der Waals surface area contributed by atoms with E-state index in [1.165, 1.54) is 56.9 Å². The molecule has 1 fully saturated rings. The van der Waals surface area contributed by atoms with Gasteiger partial charge in [0.05, 0.1) is 12.3 Å². The summed E-state index contributed by atoms with van der Waals surface area (Å²) in [7, 11) is 0. The third kappa shape index (κ3) is 6.41. The number of hydrogen-bond donors (Lipinski definition) is 1. The molecule has 28 heavy (non-hydrogen) atoms. The zero-order valence-corrected chi connectivity index (χ0v) is 16.3. The normalized spacial score (nSPS) is 18.8. The van der Waals surface area contributed by atoms with E-state index in [4.69, 9.17) is 9.84 Å². The molecule has 2 aliphatic carbocycles. The van der Waals surface area contributed by atoms with Crippen LogP contribution in [0.15, 0.2) is 35.9 Å². The number of carbonyl (C=O) groups is 1. The Hall–Kier alpha value is -1.21. The van der Waals surface area contributed by atoms with E-state index in [-0.39, 0.29) is 41.9 Å². The van der Waals surface area contributed by atoms with Crippen molar-refractivity contribution in [3.8, 4) is 17.6 Å². The number of rotatable bonds is 6. The van der Waals surface area contributed by atoms with Crippen LogP contribution < -0.4 is 4.74 Å². The topological polar surface area (TPSA) is 46.5 Å². The number of carboxylic acids is 1. The molecule has 1 unspecified atom stereocenters. The van der Waals surface area contributed by atoms with Crippen molar-refractivity contribution in [2.75, 3.05) is 6.61 Å². The number of carboxylic acid groups (broad SMARTS) is 1. The van der Waals surface area contributed by atoms with Crippen molar-refractivity contribution >= 4 is 35.5 Å². The maximum absolute atomic E-state index is 11.0. The molecule has 3 rings (SSSR count). The Bertz CT molecular complexity index is 733. The molecule has 1 saturated carbocycles. The van der Waals surface area contributed by atoms with Gasteiger partial charge in [-0.3, -0.25) is 4.79 Å². The van der Waals surface area contributed by atoms with Gasteiger partial charge in [0.25, 0.3) is 0 Å². The van der Waals surface area contributed by atoms with Crippen LogP contribution in [0.2, 0.25) is 0 Å². The first-order chi connectivity index (χ1) is 13.1. The average Bonchev–Trinajstić information content (AvgIpc) is 2.67. The first-order valence-electron chi connectivity index (χ1n) is 10.1. The first-order valence-corrected chi connectivity index (χ1v) is 10.1. The summed E-state index contributed by atoms with van der Waals surface area (Å²) in [5.41, 5.74) is 2.91. The molecule has 3 nitrogen and oxygen atoms in total. The summed E-state index contributed by atoms with van der Waals surface area (Å²) < 4.78 is 6.03. The molecule has 1 spiro atoms. The fourth-order valence-electron chi connectivity index (χ4n) is 4.64. The minimum atomic E-state index is -0.830. The summed E-state index contributed by atoms with van der Waals surface area (Å²) in [5, 5.41) is 9.06. The Labute approximate surface area is 191 Å². The van der Waals surface area contributed by atoms with E-state index in [0.29, 0.717) is 12.0 Å². The molecule has 0 amide bonds. The molecule has 2 aliphatic rings. The van der Waals surface area contributed by atoms with Crippen LogP contribution in [0.5, 0.6) is 5.75 Å². The standard InChI is InChI=1S/C24H30O3.Na.H/c1-2-7-21(16-23(25)26)20-9-11-22(12-10-20)27-18-19-8-6-15-24(17-19)13-4-3-5-14-24;;/h8-12,21H,3-6,13-18H2,1H3,(H,25,26);;. The fourth-order valence-corrected chi connectivity index (χ4v) is 4.64. The van der Waals surface area contributed by atoms with Crippen LogP contribution in [0.1, 0.15) is 76.2 Å². The molecule has 4 heteroatoms. The second-order valence-electron chi connectivity index (χ2n) is 8.04. The van der Waals surface area contributed by atoms with Gasteiger partial charge in [0.15, 0.2) is 0 Å². The Morgan fingerprint density at radius 2 is 1.89 bits per heavy atom. The minimum absolute atomic E-state index is 0. The van der Waals surface area contributed by atoms with Gasteiger partial charge in [0, 0.05) is 0 Å². The van der Waals surface area contributed by atoms with Crippen molar-refractivity contribution in [2.45, 2.75) is 70.6 Å². The molecule has 1 aromatic carbocycles.